The van der Waals surface area contributed by atoms with Crippen LogP contribution in [0.2, 0.25) is 0 Å². The normalized spacial score (nSPS) is 23.3. The third-order valence-corrected chi connectivity index (χ3v) is 5.36. The van der Waals surface area contributed by atoms with Crippen molar-refractivity contribution < 1.29 is 14.3 Å². The van der Waals surface area contributed by atoms with Gasteiger partial charge in [0.25, 0.3) is 0 Å². The van der Waals surface area contributed by atoms with Crippen LogP contribution in [-0.2, 0) is 4.79 Å². The Bertz CT molecular complexity index is 599. The van der Waals surface area contributed by atoms with Crippen LogP contribution in [0.25, 0.3) is 0 Å². The van der Waals surface area contributed by atoms with E-state index in [1.54, 1.807) is 0 Å². The second kappa shape index (κ2) is 8.41. The van der Waals surface area contributed by atoms with E-state index in [9.17, 15) is 4.79 Å². The predicted octanol–water partition coefficient (Wildman–Crippen LogP) is 3.34. The van der Waals surface area contributed by atoms with E-state index in [0.29, 0.717) is 25.6 Å². The monoisotopic (exact) mass is 418 g/mol. The third-order valence-electron chi connectivity index (χ3n) is 4.67. The molecule has 1 aromatic rings. The van der Waals surface area contributed by atoms with Gasteiger partial charge in [-0.3, -0.25) is 4.79 Å². The zero-order valence-corrected chi connectivity index (χ0v) is 16.1. The van der Waals surface area contributed by atoms with Crippen LogP contribution in [0.1, 0.15) is 44.2 Å². The molecule has 134 valence electrons. The van der Waals surface area contributed by atoms with Gasteiger partial charge in [0.1, 0.15) is 13.2 Å². The lowest BCUT2D eigenvalue weighted by Crippen LogP contribution is -2.33. The van der Waals surface area contributed by atoms with Gasteiger partial charge in [-0.25, -0.2) is 0 Å². The van der Waals surface area contributed by atoms with Gasteiger partial charge in [-0.2, -0.15) is 0 Å². The van der Waals surface area contributed by atoms with Crippen molar-refractivity contribution in [2.75, 3.05) is 13.2 Å². The van der Waals surface area contributed by atoms with Gasteiger partial charge in [0.2, 0.25) is 5.91 Å². The largest absolute Gasteiger partial charge is 0.486 e. The minimum atomic E-state index is -0.106. The molecule has 0 radical (unpaired) electrons. The number of nitrogens with two attached hydrogens (primary N) is 1. The molecule has 5 nitrogen and oxygen atoms in total. The zero-order chi connectivity index (χ0) is 16.4. The van der Waals surface area contributed by atoms with E-state index in [-0.39, 0.29) is 30.4 Å². The molecule has 1 aliphatic heterocycles. The van der Waals surface area contributed by atoms with E-state index < -0.39 is 0 Å². The Kier molecular flexibility index (Phi) is 6.78. The average molecular weight is 420 g/mol. The van der Waals surface area contributed by atoms with Crippen molar-refractivity contribution in [1.82, 2.24) is 5.32 Å². The van der Waals surface area contributed by atoms with Crippen molar-refractivity contribution in [3.8, 4) is 11.5 Å². The highest BCUT2D eigenvalue weighted by Crippen LogP contribution is 2.38. The van der Waals surface area contributed by atoms with Crippen LogP contribution in [0.4, 0.5) is 0 Å². The van der Waals surface area contributed by atoms with E-state index in [2.05, 4.69) is 21.2 Å². The van der Waals surface area contributed by atoms with E-state index in [1.807, 2.05) is 19.1 Å². The maximum Gasteiger partial charge on any atom is 0.220 e. The van der Waals surface area contributed by atoms with Gasteiger partial charge in [-0.05, 0) is 43.4 Å². The molecule has 24 heavy (non-hydrogen) atoms. The molecule has 3 N–H and O–H groups in total. The molecule has 1 fully saturated rings. The maximum atomic E-state index is 12.3. The quantitative estimate of drug-likeness (QED) is 0.785. The van der Waals surface area contributed by atoms with Crippen LogP contribution in [0.3, 0.4) is 0 Å². The topological polar surface area (TPSA) is 73.6 Å². The molecule has 0 saturated heterocycles. The summed E-state index contributed by atoms with van der Waals surface area (Å²) in [6.45, 7) is 3.09. The number of fused-ring (bicyclic) bond motifs is 1. The van der Waals surface area contributed by atoms with Gasteiger partial charge in [0.05, 0.1) is 6.04 Å². The smallest absolute Gasteiger partial charge is 0.220 e. The van der Waals surface area contributed by atoms with Gasteiger partial charge >= 0.3 is 0 Å². The molecule has 3 rings (SSSR count). The molecule has 3 atom stereocenters. The summed E-state index contributed by atoms with van der Waals surface area (Å²) in [7, 11) is 0. The summed E-state index contributed by atoms with van der Waals surface area (Å²) in [5.74, 6) is 1.84. The Hall–Kier alpha value is -0.980. The number of benzene rings is 1. The second-order valence-corrected chi connectivity index (χ2v) is 7.22. The van der Waals surface area contributed by atoms with Crippen LogP contribution in [0.15, 0.2) is 16.6 Å². The third kappa shape index (κ3) is 4.35. The Balaban J connectivity index is 0.00000208. The number of rotatable bonds is 4. The van der Waals surface area contributed by atoms with Gasteiger partial charge in [0.15, 0.2) is 11.5 Å². The van der Waals surface area contributed by atoms with E-state index in [0.717, 1.165) is 40.8 Å². The fourth-order valence-electron chi connectivity index (χ4n) is 3.35. The molecule has 1 amide bonds. The van der Waals surface area contributed by atoms with Crippen molar-refractivity contribution in [3.63, 3.8) is 0 Å². The van der Waals surface area contributed by atoms with Crippen LogP contribution < -0.4 is 20.5 Å². The highest BCUT2D eigenvalue weighted by molar-refractivity contribution is 9.10. The van der Waals surface area contributed by atoms with E-state index >= 15 is 0 Å². The average Bonchev–Trinajstić information content (AvgIpc) is 2.91. The second-order valence-electron chi connectivity index (χ2n) is 6.37. The lowest BCUT2D eigenvalue weighted by Gasteiger charge is -2.23. The van der Waals surface area contributed by atoms with Gasteiger partial charge in [-0.15, -0.1) is 12.4 Å². The molecule has 0 spiro atoms. The molecule has 1 unspecified atom stereocenters. The number of carbonyl (C=O) groups is 1. The SMILES string of the molecule is CC(NC(=O)C[C@@H]1CCC[C@H]1N)c1cc2c(cc1Br)OCCO2.Cl. The van der Waals surface area contributed by atoms with Crippen molar-refractivity contribution in [1.29, 1.82) is 0 Å². The van der Waals surface area contributed by atoms with Crippen LogP contribution in [0.5, 0.6) is 11.5 Å². The number of amides is 1. The highest BCUT2D eigenvalue weighted by Gasteiger charge is 2.27. The molecular weight excluding hydrogens is 396 g/mol. The molecule has 1 saturated carbocycles. The van der Waals surface area contributed by atoms with Crippen LogP contribution >= 0.6 is 28.3 Å². The van der Waals surface area contributed by atoms with Crippen molar-refractivity contribution in [3.05, 3.63) is 22.2 Å². The van der Waals surface area contributed by atoms with Crippen LogP contribution in [0, 0.1) is 5.92 Å². The molecule has 7 heteroatoms. The molecule has 1 aliphatic carbocycles. The molecule has 0 bridgehead atoms. The number of carbonyl (C=O) groups excluding carboxylic acids is 1. The first-order valence-electron chi connectivity index (χ1n) is 8.18. The number of ether oxygens (including phenoxy) is 2. The number of halogens is 2. The molecule has 1 aromatic carbocycles. The van der Waals surface area contributed by atoms with E-state index in [4.69, 9.17) is 15.2 Å². The standard InChI is InChI=1S/C17H23BrN2O3.ClH/c1-10(20-17(21)7-11-3-2-4-14(11)19)12-8-15-16(9-13(12)18)23-6-5-22-15;/h8-11,14H,2-7,19H2,1H3,(H,20,21);1H/t10?,11-,14+;/m0./s1. The van der Waals surface area contributed by atoms with E-state index in [1.165, 1.54) is 0 Å². The van der Waals surface area contributed by atoms with Crippen molar-refractivity contribution in [2.24, 2.45) is 11.7 Å². The summed E-state index contributed by atoms with van der Waals surface area (Å²) in [4.78, 5) is 12.3. The maximum absolute atomic E-state index is 12.3. The predicted molar refractivity (Wildman–Crippen MR) is 98.9 cm³/mol. The molecule has 0 aromatic heterocycles. The summed E-state index contributed by atoms with van der Waals surface area (Å²) in [6, 6.07) is 3.90. The van der Waals surface area contributed by atoms with Crippen LogP contribution in [-0.4, -0.2) is 25.2 Å². The van der Waals surface area contributed by atoms with Crippen molar-refractivity contribution in [2.45, 2.75) is 44.7 Å². The zero-order valence-electron chi connectivity index (χ0n) is 13.7. The summed E-state index contributed by atoms with van der Waals surface area (Å²) in [5.41, 5.74) is 7.04. The fraction of sp³-hybridized carbons (Fsp3) is 0.588. The Morgan fingerprint density at radius 3 is 2.62 bits per heavy atom. The minimum absolute atomic E-state index is 0. The summed E-state index contributed by atoms with van der Waals surface area (Å²) in [5, 5.41) is 3.07. The summed E-state index contributed by atoms with van der Waals surface area (Å²) < 4.78 is 12.1. The molecule has 2 aliphatic rings. The minimum Gasteiger partial charge on any atom is -0.486 e. The van der Waals surface area contributed by atoms with Gasteiger partial charge in [0, 0.05) is 16.9 Å². The summed E-state index contributed by atoms with van der Waals surface area (Å²) >= 11 is 3.56. The Morgan fingerprint density at radius 2 is 2.00 bits per heavy atom. The Morgan fingerprint density at radius 1 is 1.33 bits per heavy atom. The first kappa shape index (κ1) is 19.3. The molecule has 1 heterocycles. The molecular formula is C17H24BrClN2O3. The van der Waals surface area contributed by atoms with Gasteiger partial charge < -0.3 is 20.5 Å². The lowest BCUT2D eigenvalue weighted by atomic mass is 9.99. The first-order chi connectivity index (χ1) is 11.0. The number of hydrogen-bond acceptors (Lipinski definition) is 4. The van der Waals surface area contributed by atoms with Crippen molar-refractivity contribution >= 4 is 34.2 Å². The first-order valence-corrected chi connectivity index (χ1v) is 8.98. The lowest BCUT2D eigenvalue weighted by molar-refractivity contribution is -0.122. The summed E-state index contributed by atoms with van der Waals surface area (Å²) in [6.07, 6.45) is 3.72. The van der Waals surface area contributed by atoms with Gasteiger partial charge in [-0.1, -0.05) is 22.4 Å². The number of nitrogens with one attached hydrogen (secondary N) is 1. The Labute approximate surface area is 157 Å². The highest BCUT2D eigenvalue weighted by atomic mass is 79.9. The number of hydrogen-bond donors (Lipinski definition) is 2. The fourth-order valence-corrected chi connectivity index (χ4v) is 4.01.